The van der Waals surface area contributed by atoms with Crippen molar-refractivity contribution >= 4 is 11.3 Å². The van der Waals surface area contributed by atoms with Gasteiger partial charge in [0.25, 0.3) is 0 Å². The summed E-state index contributed by atoms with van der Waals surface area (Å²) in [5, 5.41) is 2.81. The molecule has 4 nitrogen and oxygen atoms in total. The lowest BCUT2D eigenvalue weighted by molar-refractivity contribution is -0.108. The number of aryl methyl sites for hydroxylation is 1. The number of pyridine rings is 1. The van der Waals surface area contributed by atoms with Gasteiger partial charge in [-0.2, -0.15) is 0 Å². The number of thiazole rings is 1. The van der Waals surface area contributed by atoms with Crippen LogP contribution in [-0.4, -0.2) is 24.2 Å². The first-order valence-electron chi connectivity index (χ1n) is 5.19. The SMILES string of the molecule is COC(OC)c1csc(-c2cccc(C)n2)n1. The lowest BCUT2D eigenvalue weighted by atomic mass is 10.3. The van der Waals surface area contributed by atoms with Gasteiger partial charge in [-0.05, 0) is 19.1 Å². The van der Waals surface area contributed by atoms with Crippen LogP contribution >= 0.6 is 11.3 Å². The van der Waals surface area contributed by atoms with Gasteiger partial charge in [-0.1, -0.05) is 6.07 Å². The molecule has 17 heavy (non-hydrogen) atoms. The van der Waals surface area contributed by atoms with Crippen molar-refractivity contribution in [3.8, 4) is 10.7 Å². The first-order valence-corrected chi connectivity index (χ1v) is 6.07. The van der Waals surface area contributed by atoms with E-state index in [2.05, 4.69) is 9.97 Å². The topological polar surface area (TPSA) is 44.2 Å². The number of ether oxygens (including phenoxy) is 2. The van der Waals surface area contributed by atoms with Crippen LogP contribution in [0.5, 0.6) is 0 Å². The van der Waals surface area contributed by atoms with Crippen molar-refractivity contribution in [3.05, 3.63) is 35.0 Å². The predicted molar refractivity (Wildman–Crippen MR) is 66.8 cm³/mol. The zero-order chi connectivity index (χ0) is 12.3. The van der Waals surface area contributed by atoms with E-state index in [1.54, 1.807) is 14.2 Å². The quantitative estimate of drug-likeness (QED) is 0.783. The van der Waals surface area contributed by atoms with Crippen molar-refractivity contribution in [1.82, 2.24) is 9.97 Å². The third-order valence-electron chi connectivity index (χ3n) is 2.30. The second kappa shape index (κ2) is 5.35. The molecule has 0 spiro atoms. The number of nitrogens with zero attached hydrogens (tertiary/aromatic N) is 2. The monoisotopic (exact) mass is 250 g/mol. The van der Waals surface area contributed by atoms with Crippen molar-refractivity contribution in [2.75, 3.05) is 14.2 Å². The van der Waals surface area contributed by atoms with E-state index in [9.17, 15) is 0 Å². The summed E-state index contributed by atoms with van der Waals surface area (Å²) in [6.07, 6.45) is -0.412. The Morgan fingerprint density at radius 2 is 1.94 bits per heavy atom. The molecule has 2 rings (SSSR count). The average molecular weight is 250 g/mol. The fraction of sp³-hybridized carbons (Fsp3) is 0.333. The molecule has 2 aromatic rings. The molecule has 0 unspecified atom stereocenters. The van der Waals surface area contributed by atoms with E-state index in [0.29, 0.717) is 0 Å². The number of aromatic nitrogens is 2. The van der Waals surface area contributed by atoms with E-state index < -0.39 is 6.29 Å². The molecule has 0 bridgehead atoms. The Kier molecular flexibility index (Phi) is 3.83. The number of hydrogen-bond donors (Lipinski definition) is 0. The molecule has 0 radical (unpaired) electrons. The molecule has 90 valence electrons. The molecule has 0 saturated heterocycles. The van der Waals surface area contributed by atoms with Crippen LogP contribution < -0.4 is 0 Å². The molecule has 0 saturated carbocycles. The van der Waals surface area contributed by atoms with Crippen LogP contribution in [0.25, 0.3) is 10.7 Å². The maximum Gasteiger partial charge on any atom is 0.201 e. The normalized spacial score (nSPS) is 11.1. The average Bonchev–Trinajstić information content (AvgIpc) is 2.80. The predicted octanol–water partition coefficient (Wildman–Crippen LogP) is 2.80. The van der Waals surface area contributed by atoms with Crippen LogP contribution in [0.2, 0.25) is 0 Å². The summed E-state index contributed by atoms with van der Waals surface area (Å²) in [6.45, 7) is 1.96. The van der Waals surface area contributed by atoms with Gasteiger partial charge < -0.3 is 9.47 Å². The summed E-state index contributed by atoms with van der Waals surface area (Å²) >= 11 is 1.54. The number of rotatable bonds is 4. The van der Waals surface area contributed by atoms with E-state index in [-0.39, 0.29) is 0 Å². The fourth-order valence-corrected chi connectivity index (χ4v) is 2.30. The Balaban J connectivity index is 2.29. The van der Waals surface area contributed by atoms with Gasteiger partial charge in [-0.25, -0.2) is 4.98 Å². The summed E-state index contributed by atoms with van der Waals surface area (Å²) in [5.41, 5.74) is 2.64. The van der Waals surface area contributed by atoms with Gasteiger partial charge in [0.2, 0.25) is 6.29 Å². The van der Waals surface area contributed by atoms with Crippen molar-refractivity contribution in [1.29, 1.82) is 0 Å². The van der Waals surface area contributed by atoms with Crippen LogP contribution in [0.3, 0.4) is 0 Å². The first-order chi connectivity index (χ1) is 8.24. The second-order valence-electron chi connectivity index (χ2n) is 3.55. The highest BCUT2D eigenvalue weighted by Gasteiger charge is 2.14. The van der Waals surface area contributed by atoms with E-state index in [0.717, 1.165) is 22.1 Å². The Morgan fingerprint density at radius 1 is 1.18 bits per heavy atom. The van der Waals surface area contributed by atoms with Crippen LogP contribution in [0.1, 0.15) is 17.7 Å². The standard InChI is InChI=1S/C12H14N2O2S/c1-8-5-4-6-9(13-8)11-14-10(7-17-11)12(15-2)16-3/h4-7,12H,1-3H3. The molecule has 0 aliphatic carbocycles. The Labute approximate surface area is 104 Å². The Bertz CT molecular complexity index is 495. The minimum atomic E-state index is -0.412. The van der Waals surface area contributed by atoms with Gasteiger partial charge in [0.15, 0.2) is 0 Å². The van der Waals surface area contributed by atoms with Crippen molar-refractivity contribution in [2.45, 2.75) is 13.2 Å². The molecule has 0 amide bonds. The van der Waals surface area contributed by atoms with Crippen LogP contribution in [-0.2, 0) is 9.47 Å². The van der Waals surface area contributed by atoms with Crippen LogP contribution in [0.15, 0.2) is 23.6 Å². The van der Waals surface area contributed by atoms with E-state index >= 15 is 0 Å². The maximum absolute atomic E-state index is 5.16. The van der Waals surface area contributed by atoms with E-state index in [1.165, 1.54) is 11.3 Å². The number of hydrogen-bond acceptors (Lipinski definition) is 5. The zero-order valence-electron chi connectivity index (χ0n) is 10.0. The van der Waals surface area contributed by atoms with Gasteiger partial charge in [0.1, 0.15) is 10.7 Å². The Hall–Kier alpha value is -1.30. The lowest BCUT2D eigenvalue weighted by Gasteiger charge is -2.09. The molecule has 0 atom stereocenters. The third kappa shape index (κ3) is 2.69. The molecular weight excluding hydrogens is 236 g/mol. The van der Waals surface area contributed by atoms with Crippen LogP contribution in [0.4, 0.5) is 0 Å². The molecule has 0 N–H and O–H groups in total. The first kappa shape index (κ1) is 12.2. The molecule has 0 aromatic carbocycles. The lowest BCUT2D eigenvalue weighted by Crippen LogP contribution is -2.03. The number of methoxy groups -OCH3 is 2. The molecule has 0 aliphatic heterocycles. The summed E-state index contributed by atoms with van der Waals surface area (Å²) < 4.78 is 10.3. The van der Waals surface area contributed by atoms with Gasteiger partial charge in [-0.3, -0.25) is 4.98 Å². The third-order valence-corrected chi connectivity index (χ3v) is 3.18. The highest BCUT2D eigenvalue weighted by molar-refractivity contribution is 7.13. The van der Waals surface area contributed by atoms with Crippen molar-refractivity contribution in [3.63, 3.8) is 0 Å². The van der Waals surface area contributed by atoms with Gasteiger partial charge in [0, 0.05) is 25.3 Å². The Morgan fingerprint density at radius 3 is 2.59 bits per heavy atom. The largest absolute Gasteiger partial charge is 0.350 e. The summed E-state index contributed by atoms with van der Waals surface area (Å²) in [4.78, 5) is 8.90. The summed E-state index contributed by atoms with van der Waals surface area (Å²) in [6, 6.07) is 5.89. The molecule has 0 aliphatic rings. The molecule has 2 aromatic heterocycles. The van der Waals surface area contributed by atoms with E-state index in [4.69, 9.17) is 9.47 Å². The van der Waals surface area contributed by atoms with Crippen molar-refractivity contribution in [2.24, 2.45) is 0 Å². The van der Waals surface area contributed by atoms with Gasteiger partial charge in [0.05, 0.1) is 5.69 Å². The smallest absolute Gasteiger partial charge is 0.201 e. The minimum Gasteiger partial charge on any atom is -0.350 e. The van der Waals surface area contributed by atoms with Gasteiger partial charge >= 0.3 is 0 Å². The molecule has 0 fully saturated rings. The summed E-state index contributed by atoms with van der Waals surface area (Å²) in [7, 11) is 3.19. The summed E-state index contributed by atoms with van der Waals surface area (Å²) in [5.74, 6) is 0. The van der Waals surface area contributed by atoms with Gasteiger partial charge in [-0.15, -0.1) is 11.3 Å². The maximum atomic E-state index is 5.16. The highest BCUT2D eigenvalue weighted by atomic mass is 32.1. The molecular formula is C12H14N2O2S. The van der Waals surface area contributed by atoms with Crippen molar-refractivity contribution < 1.29 is 9.47 Å². The fourth-order valence-electron chi connectivity index (χ4n) is 1.51. The molecule has 5 heteroatoms. The minimum absolute atomic E-state index is 0.412. The zero-order valence-corrected chi connectivity index (χ0v) is 10.8. The highest BCUT2D eigenvalue weighted by Crippen LogP contribution is 2.26. The van der Waals surface area contributed by atoms with E-state index in [1.807, 2.05) is 30.5 Å². The molecule has 2 heterocycles. The second-order valence-corrected chi connectivity index (χ2v) is 4.40. The van der Waals surface area contributed by atoms with Crippen LogP contribution in [0, 0.1) is 6.92 Å².